The summed E-state index contributed by atoms with van der Waals surface area (Å²) < 4.78 is 0. The molecule has 0 fully saturated rings. The molecule has 0 amide bonds. The fourth-order valence-electron chi connectivity index (χ4n) is 1.49. The van der Waals surface area contributed by atoms with E-state index in [4.69, 9.17) is 5.11 Å². The van der Waals surface area contributed by atoms with E-state index in [9.17, 15) is 4.79 Å². The largest absolute Gasteiger partial charge is 0.480 e. The van der Waals surface area contributed by atoms with Crippen molar-refractivity contribution in [1.29, 1.82) is 0 Å². The Morgan fingerprint density at radius 3 is 2.44 bits per heavy atom. The Balaban J connectivity index is 2.80. The Morgan fingerprint density at radius 1 is 1.44 bits per heavy atom. The molecule has 0 saturated carbocycles. The average Bonchev–Trinajstić information content (AvgIpc) is 2.15. The zero-order chi connectivity index (χ0) is 12.1. The van der Waals surface area contributed by atoms with Crippen LogP contribution < -0.4 is 5.32 Å². The minimum absolute atomic E-state index is 0.387. The van der Waals surface area contributed by atoms with Crippen LogP contribution in [0.1, 0.15) is 31.2 Å². The topological polar surface area (TPSA) is 75.1 Å². The van der Waals surface area contributed by atoms with E-state index in [0.717, 1.165) is 17.8 Å². The summed E-state index contributed by atoms with van der Waals surface area (Å²) in [4.78, 5) is 19.3. The van der Waals surface area contributed by atoms with Gasteiger partial charge in [-0.3, -0.25) is 0 Å². The minimum atomic E-state index is -0.871. The molecule has 1 atom stereocenters. The molecular formula is C11H17N3O2. The fraction of sp³-hybridized carbons (Fsp3) is 0.545. The molecule has 5 heteroatoms. The van der Waals surface area contributed by atoms with Crippen LogP contribution in [0.4, 0.5) is 5.95 Å². The van der Waals surface area contributed by atoms with E-state index in [1.807, 2.05) is 26.8 Å². The molecule has 0 aromatic carbocycles. The first kappa shape index (κ1) is 12.4. The van der Waals surface area contributed by atoms with Gasteiger partial charge in [0.05, 0.1) is 0 Å². The summed E-state index contributed by atoms with van der Waals surface area (Å²) >= 11 is 0. The SMILES string of the molecule is CCCC(Nc1nc(C)cc(C)n1)C(=O)O. The van der Waals surface area contributed by atoms with Gasteiger partial charge in [0, 0.05) is 11.4 Å². The second kappa shape index (κ2) is 5.44. The molecule has 0 radical (unpaired) electrons. The van der Waals surface area contributed by atoms with Gasteiger partial charge in [0.25, 0.3) is 0 Å². The highest BCUT2D eigenvalue weighted by molar-refractivity contribution is 5.76. The molecule has 1 aromatic rings. The van der Waals surface area contributed by atoms with Gasteiger partial charge in [-0.25, -0.2) is 14.8 Å². The summed E-state index contributed by atoms with van der Waals surface area (Å²) in [5.41, 5.74) is 1.66. The molecule has 5 nitrogen and oxygen atoms in total. The van der Waals surface area contributed by atoms with E-state index < -0.39 is 12.0 Å². The molecule has 1 unspecified atom stereocenters. The summed E-state index contributed by atoms with van der Waals surface area (Å²) in [6.07, 6.45) is 1.36. The molecule has 88 valence electrons. The van der Waals surface area contributed by atoms with Crippen molar-refractivity contribution in [3.63, 3.8) is 0 Å². The quantitative estimate of drug-likeness (QED) is 0.795. The van der Waals surface area contributed by atoms with Crippen LogP contribution in [0, 0.1) is 13.8 Å². The minimum Gasteiger partial charge on any atom is -0.480 e. The van der Waals surface area contributed by atoms with Gasteiger partial charge in [-0.15, -0.1) is 0 Å². The smallest absolute Gasteiger partial charge is 0.326 e. The molecule has 1 aromatic heterocycles. The number of aliphatic carboxylic acids is 1. The number of rotatable bonds is 5. The van der Waals surface area contributed by atoms with Crippen LogP contribution in [0.25, 0.3) is 0 Å². The van der Waals surface area contributed by atoms with E-state index >= 15 is 0 Å². The Morgan fingerprint density at radius 2 is 2.00 bits per heavy atom. The number of carbonyl (C=O) groups is 1. The van der Waals surface area contributed by atoms with Gasteiger partial charge < -0.3 is 10.4 Å². The molecule has 0 spiro atoms. The van der Waals surface area contributed by atoms with Crippen molar-refractivity contribution in [3.8, 4) is 0 Å². The third-order valence-corrected chi connectivity index (χ3v) is 2.16. The second-order valence-electron chi connectivity index (χ2n) is 3.80. The number of nitrogens with zero attached hydrogens (tertiary/aromatic N) is 2. The normalized spacial score (nSPS) is 12.2. The summed E-state index contributed by atoms with van der Waals surface area (Å²) in [5, 5.41) is 11.8. The molecule has 2 N–H and O–H groups in total. The van der Waals surface area contributed by atoms with Gasteiger partial charge in [-0.1, -0.05) is 13.3 Å². The van der Waals surface area contributed by atoms with E-state index in [0.29, 0.717) is 12.4 Å². The first-order valence-corrected chi connectivity index (χ1v) is 5.34. The lowest BCUT2D eigenvalue weighted by Crippen LogP contribution is -2.30. The number of anilines is 1. The van der Waals surface area contributed by atoms with Crippen LogP contribution in [0.5, 0.6) is 0 Å². The third kappa shape index (κ3) is 3.49. The fourth-order valence-corrected chi connectivity index (χ4v) is 1.49. The van der Waals surface area contributed by atoms with Crippen molar-refractivity contribution >= 4 is 11.9 Å². The van der Waals surface area contributed by atoms with E-state index in [2.05, 4.69) is 15.3 Å². The predicted octanol–water partition coefficient (Wildman–Crippen LogP) is 1.76. The van der Waals surface area contributed by atoms with Crippen LogP contribution in [0.15, 0.2) is 6.07 Å². The summed E-state index contributed by atoms with van der Waals surface area (Å²) in [7, 11) is 0. The third-order valence-electron chi connectivity index (χ3n) is 2.16. The second-order valence-corrected chi connectivity index (χ2v) is 3.80. The maximum Gasteiger partial charge on any atom is 0.326 e. The van der Waals surface area contributed by atoms with Crippen molar-refractivity contribution in [2.24, 2.45) is 0 Å². The van der Waals surface area contributed by atoms with Gasteiger partial charge in [-0.05, 0) is 26.3 Å². The number of hydrogen-bond donors (Lipinski definition) is 2. The van der Waals surface area contributed by atoms with Gasteiger partial charge in [0.15, 0.2) is 0 Å². The lowest BCUT2D eigenvalue weighted by molar-refractivity contribution is -0.138. The van der Waals surface area contributed by atoms with E-state index in [1.54, 1.807) is 0 Å². The van der Waals surface area contributed by atoms with Crippen molar-refractivity contribution in [3.05, 3.63) is 17.5 Å². The number of aryl methyl sites for hydroxylation is 2. The van der Waals surface area contributed by atoms with Gasteiger partial charge in [-0.2, -0.15) is 0 Å². The maximum absolute atomic E-state index is 10.9. The summed E-state index contributed by atoms with van der Waals surface area (Å²) in [6.45, 7) is 5.66. The van der Waals surface area contributed by atoms with E-state index in [1.165, 1.54) is 0 Å². The molecule has 0 aliphatic carbocycles. The van der Waals surface area contributed by atoms with Crippen molar-refractivity contribution in [2.75, 3.05) is 5.32 Å². The zero-order valence-electron chi connectivity index (χ0n) is 9.82. The average molecular weight is 223 g/mol. The van der Waals surface area contributed by atoms with Crippen LogP contribution in [-0.4, -0.2) is 27.1 Å². The first-order valence-electron chi connectivity index (χ1n) is 5.34. The molecule has 0 bridgehead atoms. The Bertz CT molecular complexity index is 359. The van der Waals surface area contributed by atoms with Crippen molar-refractivity contribution in [1.82, 2.24) is 9.97 Å². The van der Waals surface area contributed by atoms with Crippen LogP contribution in [-0.2, 0) is 4.79 Å². The number of nitrogens with one attached hydrogen (secondary N) is 1. The van der Waals surface area contributed by atoms with Gasteiger partial charge >= 0.3 is 5.97 Å². The molecular weight excluding hydrogens is 206 g/mol. The summed E-state index contributed by atoms with van der Waals surface area (Å²) in [5.74, 6) is -0.483. The monoisotopic (exact) mass is 223 g/mol. The number of aromatic nitrogens is 2. The first-order chi connectivity index (χ1) is 7.52. The molecule has 1 heterocycles. The maximum atomic E-state index is 10.9. The number of carboxylic acid groups (broad SMARTS) is 1. The predicted molar refractivity (Wildman–Crippen MR) is 61.5 cm³/mol. The molecule has 16 heavy (non-hydrogen) atoms. The number of hydrogen-bond acceptors (Lipinski definition) is 4. The standard InChI is InChI=1S/C11H17N3O2/c1-4-5-9(10(15)16)14-11-12-7(2)6-8(3)13-11/h6,9H,4-5H2,1-3H3,(H,15,16)(H,12,13,14). The molecule has 0 saturated heterocycles. The van der Waals surface area contributed by atoms with Crippen molar-refractivity contribution in [2.45, 2.75) is 39.7 Å². The van der Waals surface area contributed by atoms with E-state index in [-0.39, 0.29) is 0 Å². The Hall–Kier alpha value is -1.65. The zero-order valence-corrected chi connectivity index (χ0v) is 9.82. The van der Waals surface area contributed by atoms with Gasteiger partial charge in [0.2, 0.25) is 5.95 Å². The van der Waals surface area contributed by atoms with Crippen LogP contribution in [0.3, 0.4) is 0 Å². The molecule has 1 rings (SSSR count). The lowest BCUT2D eigenvalue weighted by Gasteiger charge is -2.13. The van der Waals surface area contributed by atoms with Crippen molar-refractivity contribution < 1.29 is 9.90 Å². The van der Waals surface area contributed by atoms with Crippen LogP contribution >= 0.6 is 0 Å². The lowest BCUT2D eigenvalue weighted by atomic mass is 10.2. The summed E-state index contributed by atoms with van der Waals surface area (Å²) in [6, 6.07) is 1.23. The molecule has 0 aliphatic rings. The molecule has 0 aliphatic heterocycles. The highest BCUT2D eigenvalue weighted by Gasteiger charge is 2.17. The Labute approximate surface area is 94.9 Å². The Kier molecular flexibility index (Phi) is 4.22. The van der Waals surface area contributed by atoms with Gasteiger partial charge in [0.1, 0.15) is 6.04 Å². The highest BCUT2D eigenvalue weighted by Crippen LogP contribution is 2.08. The highest BCUT2D eigenvalue weighted by atomic mass is 16.4. The number of carboxylic acids is 1. The van der Waals surface area contributed by atoms with Crippen LogP contribution in [0.2, 0.25) is 0 Å².